The van der Waals surface area contributed by atoms with Crippen molar-refractivity contribution >= 4 is 17.9 Å². The van der Waals surface area contributed by atoms with Crippen molar-refractivity contribution in [3.05, 3.63) is 122 Å². The lowest BCUT2D eigenvalue weighted by atomic mass is 10.0. The number of hydrogen-bond acceptors (Lipinski definition) is 6. The van der Waals surface area contributed by atoms with Crippen molar-refractivity contribution in [2.45, 2.75) is 322 Å². The predicted octanol–water partition coefficient (Wildman–Crippen LogP) is 23.6. The first-order valence-electron chi connectivity index (χ1n) is 34.0. The Morgan fingerprint density at radius 1 is 0.259 bits per heavy atom. The molecule has 462 valence electrons. The van der Waals surface area contributed by atoms with Crippen LogP contribution in [-0.4, -0.2) is 37.2 Å². The molecule has 0 rings (SSSR count). The fraction of sp³-hybridized carbons (Fsp3) is 0.693. The third kappa shape index (κ3) is 66.5. The lowest BCUT2D eigenvalue weighted by Crippen LogP contribution is -2.30. The molecule has 1 unspecified atom stereocenters. The predicted molar refractivity (Wildman–Crippen MR) is 353 cm³/mol. The van der Waals surface area contributed by atoms with Crippen LogP contribution in [0.25, 0.3) is 0 Å². The third-order valence-corrected chi connectivity index (χ3v) is 14.4. The average molecular weight is 1120 g/mol. The van der Waals surface area contributed by atoms with E-state index in [0.29, 0.717) is 19.3 Å². The summed E-state index contributed by atoms with van der Waals surface area (Å²) < 4.78 is 16.8. The summed E-state index contributed by atoms with van der Waals surface area (Å²) >= 11 is 0. The highest BCUT2D eigenvalue weighted by molar-refractivity contribution is 5.71. The molecule has 0 radical (unpaired) electrons. The zero-order valence-electron chi connectivity index (χ0n) is 53.0. The molecule has 0 aromatic rings. The van der Waals surface area contributed by atoms with Crippen LogP contribution in [0.15, 0.2) is 122 Å². The summed E-state index contributed by atoms with van der Waals surface area (Å²) in [4.78, 5) is 38.2. The van der Waals surface area contributed by atoms with Crippen molar-refractivity contribution < 1.29 is 28.6 Å². The van der Waals surface area contributed by atoms with Crippen molar-refractivity contribution in [1.82, 2.24) is 0 Å². The fourth-order valence-corrected chi connectivity index (χ4v) is 9.43. The summed E-state index contributed by atoms with van der Waals surface area (Å²) in [5, 5.41) is 0. The van der Waals surface area contributed by atoms with Gasteiger partial charge in [-0.3, -0.25) is 14.4 Å². The first-order chi connectivity index (χ1) is 40.0. The van der Waals surface area contributed by atoms with Crippen LogP contribution in [0.5, 0.6) is 0 Å². The Bertz CT molecular complexity index is 1670. The van der Waals surface area contributed by atoms with Crippen molar-refractivity contribution in [3.63, 3.8) is 0 Å². The first kappa shape index (κ1) is 76.8. The topological polar surface area (TPSA) is 78.9 Å². The molecule has 6 nitrogen and oxygen atoms in total. The van der Waals surface area contributed by atoms with E-state index in [1.54, 1.807) is 0 Å². The molecule has 0 aromatic carbocycles. The number of rotatable bonds is 61. The molecule has 0 aromatic heterocycles. The van der Waals surface area contributed by atoms with Crippen molar-refractivity contribution in [2.75, 3.05) is 13.2 Å². The SMILES string of the molecule is CC/C=C\C/C=C\C/C=C\C/C=C\C/C=C\CCCC(=O)OC(COC(=O)CC/C=C\C/C=C\C/C=C\C/C=C\CC)COC(=O)CCCCCCCCCCCCCCCCCCCCCCC/C=C\CCCCCCCCCC. The molecule has 0 fully saturated rings. The molecule has 0 bridgehead atoms. The van der Waals surface area contributed by atoms with Gasteiger partial charge in [-0.1, -0.05) is 309 Å². The summed E-state index contributed by atoms with van der Waals surface area (Å²) in [6.07, 6.45) is 95.6. The first-order valence-corrected chi connectivity index (χ1v) is 34.0. The van der Waals surface area contributed by atoms with E-state index in [-0.39, 0.29) is 44.0 Å². The summed E-state index contributed by atoms with van der Waals surface area (Å²) in [7, 11) is 0. The molecule has 6 heteroatoms. The Morgan fingerprint density at radius 2 is 0.519 bits per heavy atom. The molecule has 0 amide bonds. The Balaban J connectivity index is 4.23. The number of carbonyl (C=O) groups is 3. The average Bonchev–Trinajstić information content (AvgIpc) is 3.46. The molecule has 0 spiro atoms. The largest absolute Gasteiger partial charge is 0.462 e. The van der Waals surface area contributed by atoms with Gasteiger partial charge in [-0.15, -0.1) is 0 Å². The fourth-order valence-electron chi connectivity index (χ4n) is 9.43. The van der Waals surface area contributed by atoms with Crippen molar-refractivity contribution in [3.8, 4) is 0 Å². The van der Waals surface area contributed by atoms with Crippen LogP contribution in [0.1, 0.15) is 316 Å². The van der Waals surface area contributed by atoms with Crippen LogP contribution >= 0.6 is 0 Å². The van der Waals surface area contributed by atoms with Gasteiger partial charge < -0.3 is 14.2 Å². The van der Waals surface area contributed by atoms with Crippen LogP contribution in [0, 0.1) is 0 Å². The van der Waals surface area contributed by atoms with E-state index in [1.165, 1.54) is 180 Å². The minimum Gasteiger partial charge on any atom is -0.462 e. The van der Waals surface area contributed by atoms with E-state index in [2.05, 4.69) is 130 Å². The molecule has 0 aliphatic heterocycles. The Labute approximate surface area is 501 Å². The summed E-state index contributed by atoms with van der Waals surface area (Å²) in [6.45, 7) is 6.32. The van der Waals surface area contributed by atoms with Gasteiger partial charge in [0, 0.05) is 19.3 Å². The number of esters is 3. The number of hydrogen-bond donors (Lipinski definition) is 0. The molecular weight excluding hydrogens is 997 g/mol. The van der Waals surface area contributed by atoms with Crippen LogP contribution in [0.3, 0.4) is 0 Å². The molecule has 0 saturated heterocycles. The highest BCUT2D eigenvalue weighted by Crippen LogP contribution is 2.17. The lowest BCUT2D eigenvalue weighted by molar-refractivity contribution is -0.166. The number of carbonyl (C=O) groups excluding carboxylic acids is 3. The molecule has 81 heavy (non-hydrogen) atoms. The zero-order chi connectivity index (χ0) is 58.5. The molecule has 0 heterocycles. The second-order valence-electron chi connectivity index (χ2n) is 22.3. The lowest BCUT2D eigenvalue weighted by Gasteiger charge is -2.18. The third-order valence-electron chi connectivity index (χ3n) is 14.4. The Morgan fingerprint density at radius 3 is 0.877 bits per heavy atom. The Hall–Kier alpha value is -4.19. The van der Waals surface area contributed by atoms with Gasteiger partial charge in [-0.25, -0.2) is 0 Å². The maximum atomic E-state index is 12.9. The molecule has 0 aliphatic carbocycles. The van der Waals surface area contributed by atoms with Gasteiger partial charge in [-0.05, 0) is 109 Å². The van der Waals surface area contributed by atoms with Gasteiger partial charge in [0.2, 0.25) is 0 Å². The maximum absolute atomic E-state index is 12.9. The highest BCUT2D eigenvalue weighted by atomic mass is 16.6. The summed E-state index contributed by atoms with van der Waals surface area (Å²) in [5.74, 6) is -1.06. The van der Waals surface area contributed by atoms with Crippen LogP contribution in [-0.2, 0) is 28.6 Å². The van der Waals surface area contributed by atoms with Gasteiger partial charge in [0.05, 0.1) is 0 Å². The molecule has 0 N–H and O–H groups in total. The van der Waals surface area contributed by atoms with Gasteiger partial charge in [-0.2, -0.15) is 0 Å². The minimum atomic E-state index is -0.840. The maximum Gasteiger partial charge on any atom is 0.306 e. The highest BCUT2D eigenvalue weighted by Gasteiger charge is 2.19. The number of ether oxygens (including phenoxy) is 3. The second kappa shape index (κ2) is 68.3. The van der Waals surface area contributed by atoms with Crippen molar-refractivity contribution in [1.29, 1.82) is 0 Å². The zero-order valence-corrected chi connectivity index (χ0v) is 53.0. The van der Waals surface area contributed by atoms with Gasteiger partial charge in [0.25, 0.3) is 0 Å². The molecule has 1 atom stereocenters. The normalized spacial score (nSPS) is 12.9. The molecule has 0 aliphatic rings. The number of allylic oxidation sites excluding steroid dienone is 20. The van der Waals surface area contributed by atoms with E-state index >= 15 is 0 Å². The number of unbranched alkanes of at least 4 members (excludes halogenated alkanes) is 30. The standard InChI is InChI=1S/C75H126O6/c1-4-7-10-13-16-19-22-25-27-29-30-31-32-33-34-35-36-37-38-39-40-41-42-43-44-46-47-50-53-56-59-62-65-68-74(77)80-71-72(70-79-73(76)67-64-61-58-55-52-49-24-21-18-15-12-9-6-3)81-75(78)69-66-63-60-57-54-51-48-45-28-26-23-20-17-14-11-8-5-2/h8-9,11-12,17-18,20-21,26,28-30,48-49,51-52,57-58,60-61,72H,4-7,10,13-16,19,22-25,27,31-47,50,53-56,59,62-71H2,1-3H3/b11-8-,12-9-,20-17-,21-18-,28-26-,30-29-,51-48-,52-49-,60-57-,61-58-. The smallest absolute Gasteiger partial charge is 0.306 e. The Kier molecular flexibility index (Phi) is 64.8. The van der Waals surface area contributed by atoms with Crippen LogP contribution < -0.4 is 0 Å². The van der Waals surface area contributed by atoms with Gasteiger partial charge >= 0.3 is 17.9 Å². The molecule has 0 saturated carbocycles. The van der Waals surface area contributed by atoms with Gasteiger partial charge in [0.15, 0.2) is 6.10 Å². The van der Waals surface area contributed by atoms with E-state index in [4.69, 9.17) is 14.2 Å². The second-order valence-corrected chi connectivity index (χ2v) is 22.3. The van der Waals surface area contributed by atoms with E-state index in [1.807, 2.05) is 12.2 Å². The van der Waals surface area contributed by atoms with Gasteiger partial charge in [0.1, 0.15) is 13.2 Å². The van der Waals surface area contributed by atoms with E-state index < -0.39 is 6.10 Å². The van der Waals surface area contributed by atoms with E-state index in [9.17, 15) is 14.4 Å². The van der Waals surface area contributed by atoms with E-state index in [0.717, 1.165) is 83.5 Å². The van der Waals surface area contributed by atoms with Crippen LogP contribution in [0.4, 0.5) is 0 Å². The van der Waals surface area contributed by atoms with Crippen molar-refractivity contribution in [2.24, 2.45) is 0 Å². The summed E-state index contributed by atoms with van der Waals surface area (Å²) in [6, 6.07) is 0. The minimum absolute atomic E-state index is 0.123. The van der Waals surface area contributed by atoms with Crippen LogP contribution in [0.2, 0.25) is 0 Å². The quantitative estimate of drug-likeness (QED) is 0.0261. The monoisotopic (exact) mass is 1120 g/mol. The molecular formula is C75H126O6. The summed E-state index contributed by atoms with van der Waals surface area (Å²) in [5.41, 5.74) is 0.